The van der Waals surface area contributed by atoms with Gasteiger partial charge >= 0.3 is 0 Å². The van der Waals surface area contributed by atoms with Gasteiger partial charge in [-0.25, -0.2) is 0 Å². The van der Waals surface area contributed by atoms with Gasteiger partial charge in [0.05, 0.1) is 24.8 Å². The third-order valence-electron chi connectivity index (χ3n) is 3.89. The monoisotopic (exact) mass is 245 g/mol. The summed E-state index contributed by atoms with van der Waals surface area (Å²) in [5, 5.41) is 8.76. The zero-order chi connectivity index (χ0) is 13.0. The summed E-state index contributed by atoms with van der Waals surface area (Å²) in [6.07, 6.45) is 1.86. The molecule has 1 fully saturated rings. The first-order valence-electron chi connectivity index (χ1n) is 6.46. The van der Waals surface area contributed by atoms with E-state index in [1.807, 2.05) is 12.1 Å². The Balaban J connectivity index is 2.03. The van der Waals surface area contributed by atoms with Gasteiger partial charge in [-0.1, -0.05) is 26.0 Å². The Bertz CT molecular complexity index is 419. The van der Waals surface area contributed by atoms with Gasteiger partial charge in [-0.2, -0.15) is 5.26 Å². The van der Waals surface area contributed by atoms with Crippen LogP contribution in [-0.2, 0) is 9.47 Å². The molecule has 0 radical (unpaired) electrons. The molecular weight excluding hydrogens is 226 g/mol. The summed E-state index contributed by atoms with van der Waals surface area (Å²) in [5.41, 5.74) is 1.81. The predicted molar refractivity (Wildman–Crippen MR) is 68.8 cm³/mol. The van der Waals surface area contributed by atoms with E-state index in [1.54, 1.807) is 12.1 Å². The van der Waals surface area contributed by atoms with Crippen LogP contribution in [0.5, 0.6) is 0 Å². The highest BCUT2D eigenvalue weighted by Crippen LogP contribution is 2.36. The van der Waals surface area contributed by atoms with Gasteiger partial charge in [-0.3, -0.25) is 0 Å². The molecule has 0 aromatic heterocycles. The fraction of sp³-hybridized carbons (Fsp3) is 0.533. The molecule has 0 bridgehead atoms. The number of benzene rings is 1. The maximum Gasteiger partial charge on any atom is 0.183 e. The lowest BCUT2D eigenvalue weighted by Gasteiger charge is -2.39. The topological polar surface area (TPSA) is 42.2 Å². The van der Waals surface area contributed by atoms with Crippen molar-refractivity contribution in [3.63, 3.8) is 0 Å². The quantitative estimate of drug-likeness (QED) is 0.819. The van der Waals surface area contributed by atoms with Crippen molar-refractivity contribution in [1.82, 2.24) is 0 Å². The van der Waals surface area contributed by atoms with Gasteiger partial charge in [0.2, 0.25) is 0 Å². The SMILES string of the molecule is CCC1(CC)COC(c2ccc(C#N)cc2)OC1. The van der Waals surface area contributed by atoms with Crippen molar-refractivity contribution in [1.29, 1.82) is 5.26 Å². The van der Waals surface area contributed by atoms with Crippen molar-refractivity contribution in [3.8, 4) is 6.07 Å². The van der Waals surface area contributed by atoms with Crippen molar-refractivity contribution in [2.75, 3.05) is 13.2 Å². The smallest absolute Gasteiger partial charge is 0.183 e. The first-order chi connectivity index (χ1) is 8.73. The molecule has 0 aliphatic carbocycles. The van der Waals surface area contributed by atoms with Gasteiger partial charge in [-0.15, -0.1) is 0 Å². The van der Waals surface area contributed by atoms with Crippen molar-refractivity contribution < 1.29 is 9.47 Å². The summed E-state index contributed by atoms with van der Waals surface area (Å²) < 4.78 is 11.7. The molecule has 1 heterocycles. The molecule has 18 heavy (non-hydrogen) atoms. The molecule has 96 valence electrons. The average Bonchev–Trinajstić information content (AvgIpc) is 2.47. The normalized spacial score (nSPS) is 19.4. The molecule has 0 saturated carbocycles. The summed E-state index contributed by atoms with van der Waals surface area (Å²) in [6, 6.07) is 9.49. The fourth-order valence-corrected chi connectivity index (χ4v) is 2.16. The Morgan fingerprint density at radius 3 is 2.17 bits per heavy atom. The molecule has 1 aliphatic heterocycles. The average molecular weight is 245 g/mol. The van der Waals surface area contributed by atoms with Crippen LogP contribution >= 0.6 is 0 Å². The Morgan fingerprint density at radius 1 is 1.17 bits per heavy atom. The van der Waals surface area contributed by atoms with Crippen LogP contribution in [0.15, 0.2) is 24.3 Å². The molecule has 3 nitrogen and oxygen atoms in total. The van der Waals surface area contributed by atoms with Gasteiger partial charge in [0.25, 0.3) is 0 Å². The maximum absolute atomic E-state index is 8.76. The van der Waals surface area contributed by atoms with Gasteiger partial charge in [0, 0.05) is 11.0 Å². The summed E-state index contributed by atoms with van der Waals surface area (Å²) >= 11 is 0. The van der Waals surface area contributed by atoms with E-state index in [0.717, 1.165) is 31.6 Å². The highest BCUT2D eigenvalue weighted by molar-refractivity contribution is 5.32. The number of hydrogen-bond donors (Lipinski definition) is 0. The molecule has 1 aromatic carbocycles. The lowest BCUT2D eigenvalue weighted by molar-refractivity contribution is -0.235. The first-order valence-corrected chi connectivity index (χ1v) is 6.46. The van der Waals surface area contributed by atoms with E-state index in [9.17, 15) is 0 Å². The van der Waals surface area contributed by atoms with Crippen LogP contribution in [0.25, 0.3) is 0 Å². The summed E-state index contributed by atoms with van der Waals surface area (Å²) in [6.45, 7) is 5.84. The molecule has 1 aliphatic rings. The van der Waals surface area contributed by atoms with Crippen molar-refractivity contribution in [2.45, 2.75) is 33.0 Å². The second-order valence-electron chi connectivity index (χ2n) is 4.89. The van der Waals surface area contributed by atoms with Gasteiger partial charge in [0.15, 0.2) is 6.29 Å². The lowest BCUT2D eigenvalue weighted by Crippen LogP contribution is -2.37. The largest absolute Gasteiger partial charge is 0.348 e. The van der Waals surface area contributed by atoms with E-state index in [-0.39, 0.29) is 11.7 Å². The molecule has 2 rings (SSSR count). The first kappa shape index (κ1) is 13.1. The number of nitrogens with zero attached hydrogens (tertiary/aromatic N) is 1. The minimum absolute atomic E-state index is 0.170. The van der Waals surface area contributed by atoms with Crippen molar-refractivity contribution in [3.05, 3.63) is 35.4 Å². The van der Waals surface area contributed by atoms with E-state index in [0.29, 0.717) is 5.56 Å². The van der Waals surface area contributed by atoms with E-state index < -0.39 is 0 Å². The van der Waals surface area contributed by atoms with Crippen LogP contribution in [0.1, 0.15) is 44.1 Å². The molecule has 0 amide bonds. The molecule has 1 saturated heterocycles. The van der Waals surface area contributed by atoms with E-state index >= 15 is 0 Å². The number of rotatable bonds is 3. The highest BCUT2D eigenvalue weighted by atomic mass is 16.7. The number of ether oxygens (including phenoxy) is 2. The minimum atomic E-state index is -0.288. The standard InChI is InChI=1S/C15H19NO2/c1-3-15(4-2)10-17-14(18-11-15)13-7-5-12(9-16)6-8-13/h5-8,14H,3-4,10-11H2,1-2H3. The third kappa shape index (κ3) is 2.55. The van der Waals surface area contributed by atoms with Crippen molar-refractivity contribution >= 4 is 0 Å². The molecule has 0 N–H and O–H groups in total. The zero-order valence-corrected chi connectivity index (χ0v) is 11.0. The van der Waals surface area contributed by atoms with Crippen LogP contribution in [-0.4, -0.2) is 13.2 Å². The zero-order valence-electron chi connectivity index (χ0n) is 11.0. The van der Waals surface area contributed by atoms with Crippen LogP contribution in [0.3, 0.4) is 0 Å². The van der Waals surface area contributed by atoms with E-state index in [1.165, 1.54) is 0 Å². The second kappa shape index (κ2) is 5.51. The minimum Gasteiger partial charge on any atom is -0.348 e. The molecule has 0 unspecified atom stereocenters. The Kier molecular flexibility index (Phi) is 4.00. The van der Waals surface area contributed by atoms with Crippen LogP contribution in [0, 0.1) is 16.7 Å². The molecule has 1 aromatic rings. The van der Waals surface area contributed by atoms with Gasteiger partial charge in [-0.05, 0) is 25.0 Å². The van der Waals surface area contributed by atoms with E-state index in [2.05, 4.69) is 19.9 Å². The van der Waals surface area contributed by atoms with Crippen LogP contribution in [0.2, 0.25) is 0 Å². The van der Waals surface area contributed by atoms with Crippen LogP contribution < -0.4 is 0 Å². The molecule has 0 atom stereocenters. The maximum atomic E-state index is 8.76. The molecular formula is C15H19NO2. The predicted octanol–water partition coefficient (Wildman–Crippen LogP) is 3.41. The summed E-state index contributed by atoms with van der Waals surface area (Å²) in [4.78, 5) is 0. The van der Waals surface area contributed by atoms with Crippen molar-refractivity contribution in [2.24, 2.45) is 5.41 Å². The fourth-order valence-electron chi connectivity index (χ4n) is 2.16. The van der Waals surface area contributed by atoms with Gasteiger partial charge < -0.3 is 9.47 Å². The van der Waals surface area contributed by atoms with Crippen LogP contribution in [0.4, 0.5) is 0 Å². The van der Waals surface area contributed by atoms with E-state index in [4.69, 9.17) is 14.7 Å². The Labute approximate surface area is 108 Å². The Hall–Kier alpha value is -1.37. The highest BCUT2D eigenvalue weighted by Gasteiger charge is 2.34. The Morgan fingerprint density at radius 2 is 1.72 bits per heavy atom. The lowest BCUT2D eigenvalue weighted by atomic mass is 9.83. The summed E-state index contributed by atoms with van der Waals surface area (Å²) in [7, 11) is 0. The number of hydrogen-bond acceptors (Lipinski definition) is 3. The third-order valence-corrected chi connectivity index (χ3v) is 3.89. The summed E-state index contributed by atoms with van der Waals surface area (Å²) in [5.74, 6) is 0. The van der Waals surface area contributed by atoms with Gasteiger partial charge in [0.1, 0.15) is 0 Å². The molecule has 0 spiro atoms. The second-order valence-corrected chi connectivity index (χ2v) is 4.89. The number of nitriles is 1. The molecule has 3 heteroatoms.